The third kappa shape index (κ3) is 8.43. The van der Waals surface area contributed by atoms with Crippen LogP contribution >= 0.6 is 0 Å². The Bertz CT molecular complexity index is 988. The van der Waals surface area contributed by atoms with Gasteiger partial charge < -0.3 is 15.4 Å². The molecule has 0 atom stereocenters. The van der Waals surface area contributed by atoms with Gasteiger partial charge >= 0.3 is 0 Å². The molecule has 7 nitrogen and oxygen atoms in total. The summed E-state index contributed by atoms with van der Waals surface area (Å²) >= 11 is 0. The molecule has 2 rings (SSSR count). The largest absolute Gasteiger partial charge is 0.489 e. The highest BCUT2D eigenvalue weighted by Crippen LogP contribution is 2.17. The fraction of sp³-hybridized carbons (Fsp3) is 0.348. The molecule has 8 heteroatoms. The quantitative estimate of drug-likeness (QED) is 0.282. The first-order valence-electron chi connectivity index (χ1n) is 10.2. The maximum atomic E-state index is 12.3. The fourth-order valence-corrected chi connectivity index (χ4v) is 4.49. The van der Waals surface area contributed by atoms with Crippen molar-refractivity contribution in [3.63, 3.8) is 0 Å². The molecule has 0 spiro atoms. The number of ether oxygens (including phenoxy) is 1. The lowest BCUT2D eigenvalue weighted by atomic mass is 10.1. The zero-order valence-electron chi connectivity index (χ0n) is 18.4. The van der Waals surface area contributed by atoms with Crippen LogP contribution in [0, 0.1) is 0 Å². The van der Waals surface area contributed by atoms with E-state index in [1.165, 1.54) is 0 Å². The molecule has 0 aliphatic rings. The average molecular weight is 445 g/mol. The molecule has 0 aliphatic heterocycles. The van der Waals surface area contributed by atoms with Crippen molar-refractivity contribution >= 4 is 16.0 Å². The van der Waals surface area contributed by atoms with E-state index in [1.54, 1.807) is 27.0 Å². The minimum absolute atomic E-state index is 0.0664. The van der Waals surface area contributed by atoms with Crippen LogP contribution in [0.25, 0.3) is 0 Å². The van der Waals surface area contributed by atoms with Crippen molar-refractivity contribution in [2.24, 2.45) is 4.99 Å². The van der Waals surface area contributed by atoms with Gasteiger partial charge in [0.15, 0.2) is 5.96 Å². The molecule has 0 fully saturated rings. The smallest absolute Gasteiger partial charge is 0.216 e. The maximum Gasteiger partial charge on any atom is 0.216 e. The van der Waals surface area contributed by atoms with Gasteiger partial charge in [-0.3, -0.25) is 4.99 Å². The molecular weight excluding hydrogens is 412 g/mol. The number of nitrogens with one attached hydrogen (secondary N) is 3. The number of nitrogens with zero attached hydrogens (tertiary/aromatic N) is 1. The van der Waals surface area contributed by atoms with Crippen LogP contribution in [0.2, 0.25) is 0 Å². The van der Waals surface area contributed by atoms with Gasteiger partial charge in [0.25, 0.3) is 0 Å². The molecule has 0 amide bonds. The summed E-state index contributed by atoms with van der Waals surface area (Å²) in [5.74, 6) is 1.33. The zero-order chi connectivity index (χ0) is 22.7. The number of para-hydroxylation sites is 1. The summed E-state index contributed by atoms with van der Waals surface area (Å²) in [6.07, 6.45) is 1.71. The Morgan fingerprint density at radius 3 is 2.23 bits per heavy atom. The first-order valence-corrected chi connectivity index (χ1v) is 11.8. The van der Waals surface area contributed by atoms with Gasteiger partial charge in [-0.25, -0.2) is 13.1 Å². The highest BCUT2D eigenvalue weighted by molar-refractivity contribution is 7.88. The highest BCUT2D eigenvalue weighted by atomic mass is 32.2. The fourth-order valence-electron chi connectivity index (χ4n) is 2.99. The van der Waals surface area contributed by atoms with Crippen LogP contribution < -0.4 is 20.1 Å². The summed E-state index contributed by atoms with van der Waals surface area (Å²) in [7, 11) is -1.71. The van der Waals surface area contributed by atoms with Crippen LogP contribution in [-0.2, 0) is 28.9 Å². The standard InChI is InChI=1S/C23H32N4O3S/c1-5-14-30-22-13-9-8-11-20(22)16-26-23(24-4)25-15-19-10-6-7-12-21(19)17-31(28,29)27-18(2)3/h5-13,18,27H,1,14-17H2,2-4H3,(H2,24,25,26). The van der Waals surface area contributed by atoms with E-state index in [4.69, 9.17) is 4.74 Å². The number of rotatable bonds is 11. The predicted molar refractivity (Wildman–Crippen MR) is 127 cm³/mol. The lowest BCUT2D eigenvalue weighted by Gasteiger charge is -2.16. The number of benzene rings is 2. The molecule has 0 saturated heterocycles. The van der Waals surface area contributed by atoms with Gasteiger partial charge in [-0.2, -0.15) is 0 Å². The summed E-state index contributed by atoms with van der Waals surface area (Å²) in [6.45, 7) is 8.71. The van der Waals surface area contributed by atoms with Crippen LogP contribution in [0.15, 0.2) is 66.2 Å². The minimum atomic E-state index is -3.40. The van der Waals surface area contributed by atoms with Crippen molar-refractivity contribution in [1.29, 1.82) is 0 Å². The van der Waals surface area contributed by atoms with Gasteiger partial charge in [0.05, 0.1) is 5.75 Å². The van der Waals surface area contributed by atoms with Crippen LogP contribution in [0.4, 0.5) is 0 Å². The monoisotopic (exact) mass is 444 g/mol. The van der Waals surface area contributed by atoms with Crippen molar-refractivity contribution in [2.45, 2.75) is 38.7 Å². The highest BCUT2D eigenvalue weighted by Gasteiger charge is 2.15. The molecule has 0 unspecified atom stereocenters. The number of hydrogen-bond donors (Lipinski definition) is 3. The maximum absolute atomic E-state index is 12.3. The van der Waals surface area contributed by atoms with Crippen LogP contribution in [0.1, 0.15) is 30.5 Å². The summed E-state index contributed by atoms with van der Waals surface area (Å²) in [6, 6.07) is 15.1. The Balaban J connectivity index is 2.00. The van der Waals surface area contributed by atoms with Crippen molar-refractivity contribution in [2.75, 3.05) is 13.7 Å². The van der Waals surface area contributed by atoms with Gasteiger partial charge in [0.2, 0.25) is 10.0 Å². The third-order valence-electron chi connectivity index (χ3n) is 4.32. The third-order valence-corrected chi connectivity index (χ3v) is 5.85. The van der Waals surface area contributed by atoms with E-state index in [1.807, 2.05) is 48.5 Å². The molecule has 0 aromatic heterocycles. The minimum Gasteiger partial charge on any atom is -0.489 e. The number of hydrogen-bond acceptors (Lipinski definition) is 4. The van der Waals surface area contributed by atoms with E-state index in [0.29, 0.717) is 25.7 Å². The first-order chi connectivity index (χ1) is 14.8. The molecule has 0 aliphatic carbocycles. The van der Waals surface area contributed by atoms with E-state index in [9.17, 15) is 8.42 Å². The molecule has 0 radical (unpaired) electrons. The Kier molecular flexibility index (Phi) is 9.55. The predicted octanol–water partition coefficient (Wildman–Crippen LogP) is 2.94. The van der Waals surface area contributed by atoms with E-state index in [2.05, 4.69) is 26.9 Å². The number of guanidine groups is 1. The molecule has 0 heterocycles. The van der Waals surface area contributed by atoms with Gasteiger partial charge in [0.1, 0.15) is 12.4 Å². The summed E-state index contributed by atoms with van der Waals surface area (Å²) < 4.78 is 33.0. The Labute approximate surface area is 185 Å². The van der Waals surface area contributed by atoms with Crippen molar-refractivity contribution in [3.8, 4) is 5.75 Å². The topological polar surface area (TPSA) is 91.8 Å². The van der Waals surface area contributed by atoms with Crippen molar-refractivity contribution in [3.05, 3.63) is 77.9 Å². The van der Waals surface area contributed by atoms with Crippen molar-refractivity contribution in [1.82, 2.24) is 15.4 Å². The zero-order valence-corrected chi connectivity index (χ0v) is 19.2. The summed E-state index contributed by atoms with van der Waals surface area (Å²) in [5, 5.41) is 6.52. The number of sulfonamides is 1. The van der Waals surface area contributed by atoms with E-state index in [0.717, 1.165) is 22.4 Å². The van der Waals surface area contributed by atoms with Crippen molar-refractivity contribution < 1.29 is 13.2 Å². The lowest BCUT2D eigenvalue weighted by molar-refractivity contribution is 0.358. The van der Waals surface area contributed by atoms with Crippen LogP contribution in [0.5, 0.6) is 5.75 Å². The summed E-state index contributed by atoms with van der Waals surface area (Å²) in [5.41, 5.74) is 2.65. The van der Waals surface area contributed by atoms with Crippen LogP contribution in [-0.4, -0.2) is 34.1 Å². The molecular formula is C23H32N4O3S. The molecule has 2 aromatic carbocycles. The summed E-state index contributed by atoms with van der Waals surface area (Å²) in [4.78, 5) is 4.26. The Hall–Kier alpha value is -2.84. The molecule has 31 heavy (non-hydrogen) atoms. The molecule has 2 aromatic rings. The lowest BCUT2D eigenvalue weighted by Crippen LogP contribution is -2.37. The van der Waals surface area contributed by atoms with E-state index >= 15 is 0 Å². The SMILES string of the molecule is C=CCOc1ccccc1CNC(=NC)NCc1ccccc1CS(=O)(=O)NC(C)C. The average Bonchev–Trinajstić information content (AvgIpc) is 2.72. The molecule has 0 bridgehead atoms. The van der Waals surface area contributed by atoms with E-state index < -0.39 is 10.0 Å². The number of aliphatic imine (C=N–C) groups is 1. The molecule has 168 valence electrons. The second kappa shape index (κ2) is 12.1. The molecule has 0 saturated carbocycles. The van der Waals surface area contributed by atoms with Gasteiger partial charge in [0, 0.05) is 31.7 Å². The Morgan fingerprint density at radius 2 is 1.61 bits per heavy atom. The second-order valence-electron chi connectivity index (χ2n) is 7.29. The van der Waals surface area contributed by atoms with Gasteiger partial charge in [-0.1, -0.05) is 55.1 Å². The van der Waals surface area contributed by atoms with E-state index in [-0.39, 0.29) is 11.8 Å². The second-order valence-corrected chi connectivity index (χ2v) is 9.04. The van der Waals surface area contributed by atoms with Gasteiger partial charge in [-0.15, -0.1) is 0 Å². The van der Waals surface area contributed by atoms with Crippen LogP contribution in [0.3, 0.4) is 0 Å². The van der Waals surface area contributed by atoms with Gasteiger partial charge in [-0.05, 0) is 31.0 Å². The first kappa shape index (κ1) is 24.4. The normalized spacial score (nSPS) is 11.9. The molecule has 3 N–H and O–H groups in total. The Morgan fingerprint density at radius 1 is 1.03 bits per heavy atom.